The minimum atomic E-state index is 0.640. The van der Waals surface area contributed by atoms with E-state index in [1.165, 1.54) is 0 Å². The molecule has 0 heterocycles. The van der Waals surface area contributed by atoms with Crippen LogP contribution in [0.3, 0.4) is 0 Å². The van der Waals surface area contributed by atoms with Crippen molar-refractivity contribution in [3.63, 3.8) is 0 Å². The highest BCUT2D eigenvalue weighted by atomic mass is 35.5. The van der Waals surface area contributed by atoms with Crippen molar-refractivity contribution < 1.29 is 0 Å². The Labute approximate surface area is 175 Å². The highest BCUT2D eigenvalue weighted by Gasteiger charge is 2.11. The molecule has 29 heavy (non-hydrogen) atoms. The molecule has 4 heteroatoms. The van der Waals surface area contributed by atoms with Gasteiger partial charge in [0.05, 0.1) is 16.9 Å². The van der Waals surface area contributed by atoms with Crippen LogP contribution in [-0.4, -0.2) is 6.21 Å². The smallest absolute Gasteiger partial charge is 0.0748 e. The Hall–Kier alpha value is -3.56. The fourth-order valence-electron chi connectivity index (χ4n) is 3.04. The normalized spacial score (nSPS) is 10.8. The summed E-state index contributed by atoms with van der Waals surface area (Å²) in [5.74, 6) is 0. The number of nitrogens with zero attached hydrogens (tertiary/aromatic N) is 2. The van der Waals surface area contributed by atoms with Gasteiger partial charge in [0.15, 0.2) is 0 Å². The van der Waals surface area contributed by atoms with Gasteiger partial charge in [0.2, 0.25) is 0 Å². The van der Waals surface area contributed by atoms with Gasteiger partial charge in [-0.05, 0) is 54.1 Å². The lowest BCUT2D eigenvalue weighted by atomic mass is 10.1. The molecule has 0 aliphatic heterocycles. The molecule has 0 fully saturated rings. The Kier molecular flexibility index (Phi) is 5.89. The van der Waals surface area contributed by atoms with Gasteiger partial charge in [-0.2, -0.15) is 5.10 Å². The van der Waals surface area contributed by atoms with Gasteiger partial charge in [-0.25, -0.2) is 0 Å². The first-order chi connectivity index (χ1) is 14.3. The molecule has 0 aromatic heterocycles. The van der Waals surface area contributed by atoms with E-state index in [1.54, 1.807) is 6.21 Å². The summed E-state index contributed by atoms with van der Waals surface area (Å²) in [7, 11) is 0. The highest BCUT2D eigenvalue weighted by Crippen LogP contribution is 2.33. The first kappa shape index (κ1) is 18.8. The van der Waals surface area contributed by atoms with Gasteiger partial charge in [0, 0.05) is 17.1 Å². The zero-order valence-corrected chi connectivity index (χ0v) is 16.5. The van der Waals surface area contributed by atoms with E-state index in [1.807, 2.05) is 72.8 Å². The summed E-state index contributed by atoms with van der Waals surface area (Å²) in [4.78, 5) is 2.23. The second kappa shape index (κ2) is 9.09. The topological polar surface area (TPSA) is 27.6 Å². The van der Waals surface area contributed by atoms with Crippen molar-refractivity contribution >= 4 is 40.6 Å². The molecule has 0 saturated heterocycles. The minimum absolute atomic E-state index is 0.640. The molecule has 0 radical (unpaired) electrons. The van der Waals surface area contributed by atoms with Crippen LogP contribution in [0.15, 0.2) is 114 Å². The monoisotopic (exact) mass is 397 g/mol. The van der Waals surface area contributed by atoms with Gasteiger partial charge >= 0.3 is 0 Å². The summed E-state index contributed by atoms with van der Waals surface area (Å²) in [6, 6.07) is 36.5. The maximum atomic E-state index is 6.14. The molecule has 0 bridgehead atoms. The molecule has 4 aromatic rings. The van der Waals surface area contributed by atoms with E-state index in [9.17, 15) is 0 Å². The molecule has 3 nitrogen and oxygen atoms in total. The Morgan fingerprint density at radius 1 is 0.621 bits per heavy atom. The predicted molar refractivity (Wildman–Crippen MR) is 124 cm³/mol. The lowest BCUT2D eigenvalue weighted by Crippen LogP contribution is -2.09. The van der Waals surface area contributed by atoms with E-state index >= 15 is 0 Å². The van der Waals surface area contributed by atoms with Crippen molar-refractivity contribution in [3.05, 3.63) is 120 Å². The number of nitrogens with one attached hydrogen (secondary N) is 1. The van der Waals surface area contributed by atoms with Crippen molar-refractivity contribution in [2.45, 2.75) is 0 Å². The second-order valence-electron chi connectivity index (χ2n) is 6.45. The van der Waals surface area contributed by atoms with E-state index in [4.69, 9.17) is 11.6 Å². The van der Waals surface area contributed by atoms with Crippen LogP contribution >= 0.6 is 11.6 Å². The zero-order chi connectivity index (χ0) is 19.9. The molecule has 0 saturated carbocycles. The van der Waals surface area contributed by atoms with Gasteiger partial charge in [-0.1, -0.05) is 72.3 Å². The number of hydrogen-bond donors (Lipinski definition) is 1. The molecule has 0 unspecified atom stereocenters. The van der Waals surface area contributed by atoms with Gasteiger partial charge in [-0.3, -0.25) is 5.43 Å². The van der Waals surface area contributed by atoms with Crippen LogP contribution in [-0.2, 0) is 0 Å². The quantitative estimate of drug-likeness (QED) is 0.274. The predicted octanol–water partition coefficient (Wildman–Crippen LogP) is 7.26. The lowest BCUT2D eigenvalue weighted by molar-refractivity contribution is 1.28. The molecule has 0 aliphatic rings. The highest BCUT2D eigenvalue weighted by molar-refractivity contribution is 6.33. The molecule has 4 rings (SSSR count). The summed E-state index contributed by atoms with van der Waals surface area (Å²) in [5.41, 5.74) is 8.06. The first-order valence-electron chi connectivity index (χ1n) is 9.35. The maximum Gasteiger partial charge on any atom is 0.0748 e. The molecule has 0 amide bonds. The van der Waals surface area contributed by atoms with E-state index in [0.29, 0.717) is 5.02 Å². The van der Waals surface area contributed by atoms with E-state index in [2.05, 4.69) is 51.8 Å². The number of anilines is 4. The summed E-state index contributed by atoms with van der Waals surface area (Å²) < 4.78 is 0. The SMILES string of the molecule is Clc1ccccc1N/N=C\c1ccc(N(c2ccccc2)c2ccccc2)cc1. The van der Waals surface area contributed by atoms with Crippen LogP contribution in [0.2, 0.25) is 5.02 Å². The van der Waals surface area contributed by atoms with E-state index in [-0.39, 0.29) is 0 Å². The molecule has 0 atom stereocenters. The molecular weight excluding hydrogens is 378 g/mol. The molecule has 4 aromatic carbocycles. The molecule has 0 spiro atoms. The third kappa shape index (κ3) is 4.65. The third-order valence-corrected chi connectivity index (χ3v) is 4.78. The number of hydrogen-bond acceptors (Lipinski definition) is 3. The largest absolute Gasteiger partial charge is 0.311 e. The number of benzene rings is 4. The van der Waals surface area contributed by atoms with Crippen molar-refractivity contribution in [1.82, 2.24) is 0 Å². The summed E-state index contributed by atoms with van der Waals surface area (Å²) in [5, 5.41) is 4.93. The average molecular weight is 398 g/mol. The van der Waals surface area contributed by atoms with E-state index in [0.717, 1.165) is 28.3 Å². The zero-order valence-electron chi connectivity index (χ0n) is 15.7. The number of rotatable bonds is 6. The average Bonchev–Trinajstić information content (AvgIpc) is 2.78. The first-order valence-corrected chi connectivity index (χ1v) is 9.73. The number of para-hydroxylation sites is 3. The summed E-state index contributed by atoms with van der Waals surface area (Å²) >= 11 is 6.14. The van der Waals surface area contributed by atoms with Crippen LogP contribution in [0.5, 0.6) is 0 Å². The fourth-order valence-corrected chi connectivity index (χ4v) is 3.22. The summed E-state index contributed by atoms with van der Waals surface area (Å²) in [6.07, 6.45) is 1.78. The Bertz CT molecular complexity index is 1040. The molecule has 1 N–H and O–H groups in total. The van der Waals surface area contributed by atoms with Crippen molar-refractivity contribution in [2.24, 2.45) is 5.10 Å². The Balaban J connectivity index is 1.56. The van der Waals surface area contributed by atoms with Crippen molar-refractivity contribution in [1.29, 1.82) is 0 Å². The Morgan fingerprint density at radius 3 is 1.72 bits per heavy atom. The van der Waals surface area contributed by atoms with Crippen LogP contribution in [0.4, 0.5) is 22.7 Å². The molecular formula is C25H20ClN3. The van der Waals surface area contributed by atoms with Crippen LogP contribution < -0.4 is 10.3 Å². The van der Waals surface area contributed by atoms with Crippen LogP contribution in [0.1, 0.15) is 5.56 Å². The molecule has 0 aliphatic carbocycles. The van der Waals surface area contributed by atoms with Crippen molar-refractivity contribution in [3.8, 4) is 0 Å². The van der Waals surface area contributed by atoms with Gasteiger partial charge in [0.25, 0.3) is 0 Å². The number of hydrazone groups is 1. The Morgan fingerprint density at radius 2 is 1.14 bits per heavy atom. The fraction of sp³-hybridized carbons (Fsp3) is 0. The minimum Gasteiger partial charge on any atom is -0.311 e. The third-order valence-electron chi connectivity index (χ3n) is 4.45. The van der Waals surface area contributed by atoms with Gasteiger partial charge in [0.1, 0.15) is 0 Å². The van der Waals surface area contributed by atoms with Crippen molar-refractivity contribution in [2.75, 3.05) is 10.3 Å². The maximum absolute atomic E-state index is 6.14. The van der Waals surface area contributed by atoms with Gasteiger partial charge < -0.3 is 4.90 Å². The van der Waals surface area contributed by atoms with Gasteiger partial charge in [-0.15, -0.1) is 0 Å². The summed E-state index contributed by atoms with van der Waals surface area (Å²) in [6.45, 7) is 0. The second-order valence-corrected chi connectivity index (χ2v) is 6.86. The van der Waals surface area contributed by atoms with Crippen LogP contribution in [0, 0.1) is 0 Å². The van der Waals surface area contributed by atoms with E-state index < -0.39 is 0 Å². The van der Waals surface area contributed by atoms with Crippen LogP contribution in [0.25, 0.3) is 0 Å². The standard InChI is InChI=1S/C25H20ClN3/c26-24-13-7-8-14-25(24)28-27-19-20-15-17-23(18-16-20)29(21-9-3-1-4-10-21)22-11-5-2-6-12-22/h1-19,28H/b27-19-. The number of halogens is 1. The molecule has 142 valence electrons. The lowest BCUT2D eigenvalue weighted by Gasteiger charge is -2.25.